The van der Waals surface area contributed by atoms with Crippen molar-refractivity contribution >= 4 is 21.1 Å². The molecule has 0 atom stereocenters. The summed E-state index contributed by atoms with van der Waals surface area (Å²) in [5.74, 6) is -1.07. The molecular formula is C18H17FN2O4S. The average Bonchev–Trinajstić information content (AvgIpc) is 3.25. The van der Waals surface area contributed by atoms with Gasteiger partial charge in [0.2, 0.25) is 10.0 Å². The van der Waals surface area contributed by atoms with Crippen LogP contribution in [0.1, 0.15) is 18.4 Å². The molecule has 1 fully saturated rings. The molecule has 0 bridgehead atoms. The van der Waals surface area contributed by atoms with E-state index in [-0.39, 0.29) is 17.0 Å². The van der Waals surface area contributed by atoms with Gasteiger partial charge in [-0.1, -0.05) is 18.2 Å². The Morgan fingerprint density at radius 2 is 1.81 bits per heavy atom. The summed E-state index contributed by atoms with van der Waals surface area (Å²) in [5.41, 5.74) is 0.955. The van der Waals surface area contributed by atoms with E-state index in [0.717, 1.165) is 12.8 Å². The molecule has 2 heterocycles. The lowest BCUT2D eigenvalue weighted by Crippen LogP contribution is -2.27. The summed E-state index contributed by atoms with van der Waals surface area (Å²) >= 11 is 0. The van der Waals surface area contributed by atoms with E-state index in [2.05, 4.69) is 0 Å². The van der Waals surface area contributed by atoms with Crippen LogP contribution in [0.4, 0.5) is 4.39 Å². The van der Waals surface area contributed by atoms with Gasteiger partial charge in [0.15, 0.2) is 5.58 Å². The Morgan fingerprint density at radius 1 is 1.08 bits per heavy atom. The molecule has 0 N–H and O–H groups in total. The van der Waals surface area contributed by atoms with Crippen molar-refractivity contribution in [2.24, 2.45) is 0 Å². The maximum atomic E-state index is 13.9. The summed E-state index contributed by atoms with van der Waals surface area (Å²) in [6.45, 7) is 1.01. The number of hydrogen-bond donors (Lipinski definition) is 0. The molecule has 3 aromatic rings. The van der Waals surface area contributed by atoms with Crippen molar-refractivity contribution in [1.29, 1.82) is 0 Å². The Labute approximate surface area is 149 Å². The lowest BCUT2D eigenvalue weighted by atomic mass is 10.2. The lowest BCUT2D eigenvalue weighted by Gasteiger charge is -2.15. The van der Waals surface area contributed by atoms with Crippen molar-refractivity contribution in [3.8, 4) is 0 Å². The van der Waals surface area contributed by atoms with Gasteiger partial charge in [-0.3, -0.25) is 4.57 Å². The molecule has 1 saturated heterocycles. The molecule has 1 aliphatic rings. The van der Waals surface area contributed by atoms with Crippen molar-refractivity contribution in [2.75, 3.05) is 13.1 Å². The van der Waals surface area contributed by atoms with E-state index in [9.17, 15) is 17.6 Å². The number of aromatic nitrogens is 1. The van der Waals surface area contributed by atoms with E-state index in [1.165, 1.54) is 33.1 Å². The van der Waals surface area contributed by atoms with Crippen molar-refractivity contribution in [2.45, 2.75) is 24.3 Å². The summed E-state index contributed by atoms with van der Waals surface area (Å²) in [6, 6.07) is 10.5. The maximum absolute atomic E-state index is 13.9. The SMILES string of the molecule is O=c1oc2cc(S(=O)(=O)N3CCCC3)ccc2n1Cc1ccccc1F. The van der Waals surface area contributed by atoms with E-state index in [0.29, 0.717) is 24.2 Å². The summed E-state index contributed by atoms with van der Waals surface area (Å²) in [4.78, 5) is 12.3. The van der Waals surface area contributed by atoms with Gasteiger partial charge in [-0.15, -0.1) is 0 Å². The third-order valence-corrected chi connectivity index (χ3v) is 6.52. The Bertz CT molecular complexity index is 1130. The number of rotatable bonds is 4. The fourth-order valence-corrected chi connectivity index (χ4v) is 4.76. The largest absolute Gasteiger partial charge is 0.420 e. The van der Waals surface area contributed by atoms with Crippen molar-refractivity contribution in [1.82, 2.24) is 8.87 Å². The molecule has 0 radical (unpaired) electrons. The van der Waals surface area contributed by atoms with Gasteiger partial charge in [0.25, 0.3) is 0 Å². The number of benzene rings is 2. The first kappa shape index (κ1) is 17.0. The number of hydrogen-bond acceptors (Lipinski definition) is 4. The van der Waals surface area contributed by atoms with Gasteiger partial charge < -0.3 is 4.42 Å². The van der Waals surface area contributed by atoms with Gasteiger partial charge in [-0.05, 0) is 31.0 Å². The molecule has 136 valence electrons. The van der Waals surface area contributed by atoms with Crippen molar-refractivity contribution < 1.29 is 17.2 Å². The smallest absolute Gasteiger partial charge is 0.408 e. The standard InChI is InChI=1S/C18H17FN2O4S/c19-15-6-2-1-5-13(15)12-21-16-8-7-14(11-17(16)25-18(21)22)26(23,24)20-9-3-4-10-20/h1-2,5-8,11H,3-4,9-10,12H2. The molecule has 4 rings (SSSR count). The predicted molar refractivity (Wildman–Crippen MR) is 94.0 cm³/mol. The highest BCUT2D eigenvalue weighted by atomic mass is 32.2. The van der Waals surface area contributed by atoms with Gasteiger partial charge in [0, 0.05) is 24.7 Å². The summed E-state index contributed by atoms with van der Waals surface area (Å²) < 4.78 is 47.1. The molecule has 8 heteroatoms. The molecule has 0 spiro atoms. The summed E-state index contributed by atoms with van der Waals surface area (Å²) in [6.07, 6.45) is 1.69. The predicted octanol–water partition coefficient (Wildman–Crippen LogP) is 2.57. The fourth-order valence-electron chi connectivity index (χ4n) is 3.23. The monoisotopic (exact) mass is 376 g/mol. The molecular weight excluding hydrogens is 359 g/mol. The van der Waals surface area contributed by atoms with E-state index in [1.54, 1.807) is 18.2 Å². The minimum Gasteiger partial charge on any atom is -0.408 e. The third-order valence-electron chi connectivity index (χ3n) is 4.63. The first-order valence-electron chi connectivity index (χ1n) is 8.34. The topological polar surface area (TPSA) is 72.5 Å². The Hall–Kier alpha value is -2.45. The Morgan fingerprint density at radius 3 is 2.54 bits per heavy atom. The second kappa shape index (κ2) is 6.37. The second-order valence-electron chi connectivity index (χ2n) is 6.29. The molecule has 1 aromatic heterocycles. The molecule has 6 nitrogen and oxygen atoms in total. The highest BCUT2D eigenvalue weighted by Gasteiger charge is 2.28. The third kappa shape index (κ3) is 2.85. The zero-order chi connectivity index (χ0) is 18.3. The van der Waals surface area contributed by atoms with Crippen LogP contribution in [-0.2, 0) is 16.6 Å². The van der Waals surface area contributed by atoms with E-state index in [1.807, 2.05) is 0 Å². The number of halogens is 1. The molecule has 0 aliphatic carbocycles. The van der Waals surface area contributed by atoms with E-state index < -0.39 is 21.6 Å². The zero-order valence-electron chi connectivity index (χ0n) is 13.9. The zero-order valence-corrected chi connectivity index (χ0v) is 14.7. The Balaban J connectivity index is 1.75. The van der Waals surface area contributed by atoms with Crippen LogP contribution in [0, 0.1) is 5.82 Å². The fraction of sp³-hybridized carbons (Fsp3) is 0.278. The molecule has 2 aromatic carbocycles. The van der Waals surface area contributed by atoms with Crippen molar-refractivity contribution in [3.63, 3.8) is 0 Å². The molecule has 0 saturated carbocycles. The van der Waals surface area contributed by atoms with Crippen LogP contribution in [0.25, 0.3) is 11.1 Å². The van der Waals surface area contributed by atoms with Crippen LogP contribution < -0.4 is 5.76 Å². The number of oxazole rings is 1. The van der Waals surface area contributed by atoms with Gasteiger partial charge in [-0.2, -0.15) is 4.31 Å². The highest BCUT2D eigenvalue weighted by molar-refractivity contribution is 7.89. The van der Waals surface area contributed by atoms with Crippen LogP contribution in [-0.4, -0.2) is 30.4 Å². The minimum absolute atomic E-state index is 0.0106. The number of nitrogens with zero attached hydrogens (tertiary/aromatic N) is 2. The minimum atomic E-state index is -3.60. The van der Waals surface area contributed by atoms with Crippen LogP contribution in [0.15, 0.2) is 56.6 Å². The molecule has 0 unspecified atom stereocenters. The highest BCUT2D eigenvalue weighted by Crippen LogP contribution is 2.24. The quantitative estimate of drug-likeness (QED) is 0.702. The van der Waals surface area contributed by atoms with Gasteiger partial charge in [0.05, 0.1) is 17.0 Å². The normalized spacial score (nSPS) is 15.7. The van der Waals surface area contributed by atoms with Crippen molar-refractivity contribution in [3.05, 3.63) is 64.4 Å². The number of fused-ring (bicyclic) bond motifs is 1. The number of sulfonamides is 1. The Kier molecular flexibility index (Phi) is 4.16. The van der Waals surface area contributed by atoms with Crippen LogP contribution in [0.2, 0.25) is 0 Å². The first-order chi connectivity index (χ1) is 12.5. The van der Waals surface area contributed by atoms with Crippen LogP contribution in [0.3, 0.4) is 0 Å². The first-order valence-corrected chi connectivity index (χ1v) is 9.78. The molecule has 1 aliphatic heterocycles. The van der Waals surface area contributed by atoms with Crippen LogP contribution >= 0.6 is 0 Å². The second-order valence-corrected chi connectivity index (χ2v) is 8.22. The van der Waals surface area contributed by atoms with Gasteiger partial charge in [-0.25, -0.2) is 17.6 Å². The van der Waals surface area contributed by atoms with Crippen LogP contribution in [0.5, 0.6) is 0 Å². The maximum Gasteiger partial charge on any atom is 0.420 e. The molecule has 26 heavy (non-hydrogen) atoms. The summed E-state index contributed by atoms with van der Waals surface area (Å²) in [5, 5.41) is 0. The molecule has 0 amide bonds. The lowest BCUT2D eigenvalue weighted by molar-refractivity contribution is 0.477. The average molecular weight is 376 g/mol. The van der Waals surface area contributed by atoms with E-state index in [4.69, 9.17) is 4.42 Å². The summed E-state index contributed by atoms with van der Waals surface area (Å²) in [7, 11) is -3.60. The van der Waals surface area contributed by atoms with E-state index >= 15 is 0 Å². The van der Waals surface area contributed by atoms with Gasteiger partial charge in [0.1, 0.15) is 5.82 Å². The van der Waals surface area contributed by atoms with Gasteiger partial charge >= 0.3 is 5.76 Å².